The van der Waals surface area contributed by atoms with Gasteiger partial charge in [0.1, 0.15) is 0 Å². The van der Waals surface area contributed by atoms with Gasteiger partial charge in [-0.1, -0.05) is 0 Å². The quantitative estimate of drug-likeness (QED) is 0.713. The molecule has 0 atom stereocenters. The fraction of sp³-hybridized carbons (Fsp3) is 0.111. The maximum atomic E-state index is 10.7. The Labute approximate surface area is 74.4 Å². The molecule has 0 aliphatic carbocycles. The minimum Gasteiger partial charge on any atom is -0.478 e. The maximum absolute atomic E-state index is 10.7. The Morgan fingerprint density at radius 2 is 2.38 bits per heavy atom. The number of rotatable bonds is 1. The largest absolute Gasteiger partial charge is 0.478 e. The summed E-state index contributed by atoms with van der Waals surface area (Å²) in [5.74, 6) is -0.930. The van der Waals surface area contributed by atoms with Gasteiger partial charge in [0.25, 0.3) is 0 Å². The van der Waals surface area contributed by atoms with Crippen LogP contribution in [0.15, 0.2) is 24.5 Å². The van der Waals surface area contributed by atoms with Crippen molar-refractivity contribution in [2.75, 3.05) is 0 Å². The number of pyridine rings is 1. The predicted molar refractivity (Wildman–Crippen MR) is 46.9 cm³/mol. The van der Waals surface area contributed by atoms with Gasteiger partial charge in [0.15, 0.2) is 0 Å². The number of hydrogen-bond donors (Lipinski definition) is 1. The zero-order valence-electron chi connectivity index (χ0n) is 7.06. The van der Waals surface area contributed by atoms with Gasteiger partial charge in [0.2, 0.25) is 0 Å². The highest BCUT2D eigenvalue weighted by Gasteiger charge is 2.06. The molecule has 0 saturated heterocycles. The molecular formula is C9H8N2O2. The molecule has 4 heteroatoms. The molecule has 2 aromatic rings. The predicted octanol–water partition coefficient (Wildman–Crippen LogP) is 1.34. The first kappa shape index (κ1) is 7.79. The minimum atomic E-state index is -0.930. The zero-order valence-corrected chi connectivity index (χ0v) is 7.06. The minimum absolute atomic E-state index is 0.258. The van der Waals surface area contributed by atoms with Gasteiger partial charge in [-0.2, -0.15) is 5.10 Å². The summed E-state index contributed by atoms with van der Waals surface area (Å²) >= 11 is 0. The van der Waals surface area contributed by atoms with Crippen molar-refractivity contribution in [3.8, 4) is 0 Å². The number of nitrogens with zero attached hydrogens (tertiary/aromatic N) is 2. The van der Waals surface area contributed by atoms with Crippen LogP contribution in [0.25, 0.3) is 5.52 Å². The summed E-state index contributed by atoms with van der Waals surface area (Å²) in [6, 6.07) is 3.49. The zero-order chi connectivity index (χ0) is 9.42. The second kappa shape index (κ2) is 2.58. The Morgan fingerprint density at radius 3 is 3.08 bits per heavy atom. The molecule has 0 saturated carbocycles. The smallest absolute Gasteiger partial charge is 0.337 e. The summed E-state index contributed by atoms with van der Waals surface area (Å²) in [6.45, 7) is 1.86. The standard InChI is InChI=1S/C9H8N2O2/c1-6-4-7(9(12)13)5-11-8(6)2-3-10-11/h2-5H,1H3,(H,12,13). The van der Waals surface area contributed by atoms with Gasteiger partial charge >= 0.3 is 5.97 Å². The van der Waals surface area contributed by atoms with Crippen LogP contribution in [-0.4, -0.2) is 20.7 Å². The lowest BCUT2D eigenvalue weighted by atomic mass is 10.2. The van der Waals surface area contributed by atoms with Crippen LogP contribution in [0.3, 0.4) is 0 Å². The van der Waals surface area contributed by atoms with Crippen LogP contribution in [0.1, 0.15) is 15.9 Å². The van der Waals surface area contributed by atoms with E-state index in [0.717, 1.165) is 11.1 Å². The molecule has 0 aliphatic rings. The number of carbonyl (C=O) groups is 1. The van der Waals surface area contributed by atoms with Crippen LogP contribution in [0, 0.1) is 6.92 Å². The molecule has 2 heterocycles. The van der Waals surface area contributed by atoms with E-state index in [9.17, 15) is 4.79 Å². The summed E-state index contributed by atoms with van der Waals surface area (Å²) < 4.78 is 1.57. The van der Waals surface area contributed by atoms with E-state index in [-0.39, 0.29) is 5.56 Å². The fourth-order valence-corrected chi connectivity index (χ4v) is 1.32. The van der Waals surface area contributed by atoms with Crippen molar-refractivity contribution in [2.24, 2.45) is 0 Å². The van der Waals surface area contributed by atoms with Crippen LogP contribution in [0.5, 0.6) is 0 Å². The summed E-state index contributed by atoms with van der Waals surface area (Å²) in [4.78, 5) is 10.7. The average Bonchev–Trinajstić information content (AvgIpc) is 2.51. The van der Waals surface area contributed by atoms with Gasteiger partial charge in [-0.25, -0.2) is 9.31 Å². The SMILES string of the molecule is Cc1cc(C(=O)O)cn2nccc12. The lowest BCUT2D eigenvalue weighted by molar-refractivity contribution is 0.0696. The molecule has 0 amide bonds. The van der Waals surface area contributed by atoms with Crippen molar-refractivity contribution in [3.63, 3.8) is 0 Å². The molecule has 66 valence electrons. The average molecular weight is 176 g/mol. The molecule has 2 rings (SSSR count). The molecule has 2 aromatic heterocycles. The first-order valence-electron chi connectivity index (χ1n) is 3.86. The topological polar surface area (TPSA) is 54.6 Å². The molecule has 0 aliphatic heterocycles. The molecule has 0 fully saturated rings. The summed E-state index contributed by atoms with van der Waals surface area (Å²) in [5.41, 5.74) is 2.11. The number of carboxylic acid groups (broad SMARTS) is 1. The number of carboxylic acids is 1. The van der Waals surface area contributed by atoms with Crippen LogP contribution >= 0.6 is 0 Å². The number of aromatic nitrogens is 2. The molecule has 0 radical (unpaired) electrons. The van der Waals surface area contributed by atoms with E-state index in [1.165, 1.54) is 6.20 Å². The summed E-state index contributed by atoms with van der Waals surface area (Å²) in [7, 11) is 0. The van der Waals surface area contributed by atoms with E-state index in [1.54, 1.807) is 16.8 Å². The van der Waals surface area contributed by atoms with E-state index in [0.29, 0.717) is 0 Å². The Morgan fingerprint density at radius 1 is 1.62 bits per heavy atom. The highest BCUT2D eigenvalue weighted by molar-refractivity contribution is 5.88. The van der Waals surface area contributed by atoms with Crippen molar-refractivity contribution in [1.82, 2.24) is 9.61 Å². The van der Waals surface area contributed by atoms with Crippen LogP contribution in [-0.2, 0) is 0 Å². The van der Waals surface area contributed by atoms with Crippen LogP contribution in [0.4, 0.5) is 0 Å². The number of aryl methyl sites for hydroxylation is 1. The molecular weight excluding hydrogens is 168 g/mol. The van der Waals surface area contributed by atoms with E-state index in [2.05, 4.69) is 5.10 Å². The van der Waals surface area contributed by atoms with Gasteiger partial charge in [-0.15, -0.1) is 0 Å². The third-order valence-corrected chi connectivity index (χ3v) is 1.95. The third-order valence-electron chi connectivity index (χ3n) is 1.95. The molecule has 13 heavy (non-hydrogen) atoms. The van der Waals surface area contributed by atoms with Gasteiger partial charge < -0.3 is 5.11 Å². The Balaban J connectivity index is 2.77. The number of hydrogen-bond acceptors (Lipinski definition) is 2. The number of fused-ring (bicyclic) bond motifs is 1. The molecule has 0 bridgehead atoms. The Kier molecular flexibility index (Phi) is 1.55. The van der Waals surface area contributed by atoms with Crippen molar-refractivity contribution in [1.29, 1.82) is 0 Å². The summed E-state index contributed by atoms with van der Waals surface area (Å²) in [5, 5.41) is 12.7. The van der Waals surface area contributed by atoms with Crippen LogP contribution in [0.2, 0.25) is 0 Å². The molecule has 0 spiro atoms. The highest BCUT2D eigenvalue weighted by atomic mass is 16.4. The van der Waals surface area contributed by atoms with Gasteiger partial charge in [0, 0.05) is 12.4 Å². The maximum Gasteiger partial charge on any atom is 0.337 e. The molecule has 4 nitrogen and oxygen atoms in total. The van der Waals surface area contributed by atoms with Crippen molar-refractivity contribution < 1.29 is 9.90 Å². The monoisotopic (exact) mass is 176 g/mol. The Bertz CT molecular complexity index is 473. The van der Waals surface area contributed by atoms with Gasteiger partial charge in [0.05, 0.1) is 11.1 Å². The first-order valence-corrected chi connectivity index (χ1v) is 3.86. The molecule has 0 aromatic carbocycles. The third kappa shape index (κ3) is 1.16. The first-order chi connectivity index (χ1) is 6.18. The van der Waals surface area contributed by atoms with E-state index >= 15 is 0 Å². The second-order valence-corrected chi connectivity index (χ2v) is 2.88. The van der Waals surface area contributed by atoms with Crippen molar-refractivity contribution in [3.05, 3.63) is 35.7 Å². The normalized spacial score (nSPS) is 10.5. The lowest BCUT2D eigenvalue weighted by Gasteiger charge is -2.00. The van der Waals surface area contributed by atoms with Crippen molar-refractivity contribution >= 4 is 11.5 Å². The van der Waals surface area contributed by atoms with E-state index in [4.69, 9.17) is 5.11 Å². The second-order valence-electron chi connectivity index (χ2n) is 2.88. The van der Waals surface area contributed by atoms with Crippen molar-refractivity contribution in [2.45, 2.75) is 6.92 Å². The fourth-order valence-electron chi connectivity index (χ4n) is 1.32. The Hall–Kier alpha value is -1.84. The van der Waals surface area contributed by atoms with Gasteiger partial charge in [-0.05, 0) is 24.6 Å². The van der Waals surface area contributed by atoms with Crippen LogP contribution < -0.4 is 0 Å². The lowest BCUT2D eigenvalue weighted by Crippen LogP contribution is -2.00. The van der Waals surface area contributed by atoms with E-state index < -0.39 is 5.97 Å². The summed E-state index contributed by atoms with van der Waals surface area (Å²) in [6.07, 6.45) is 3.15. The van der Waals surface area contributed by atoms with Gasteiger partial charge in [-0.3, -0.25) is 0 Å². The van der Waals surface area contributed by atoms with E-state index in [1.807, 2.05) is 13.0 Å². The number of aromatic carboxylic acids is 1. The molecule has 0 unspecified atom stereocenters. The highest BCUT2D eigenvalue weighted by Crippen LogP contribution is 2.11. The molecule has 1 N–H and O–H groups in total.